The normalized spacial score (nSPS) is 10.1. The minimum Gasteiger partial charge on any atom is -0.414 e. The van der Waals surface area contributed by atoms with Crippen molar-refractivity contribution in [3.05, 3.63) is 73.1 Å². The first-order valence-electron chi connectivity index (χ1n) is 13.9. The molecule has 0 aliphatic rings. The molecule has 2 heterocycles. The van der Waals surface area contributed by atoms with Crippen molar-refractivity contribution in [2.45, 2.75) is 0 Å². The third-order valence-corrected chi connectivity index (χ3v) is 6.79. The first-order chi connectivity index (χ1) is 19.8. The Morgan fingerprint density at radius 3 is 1.09 bits per heavy atom. The molecule has 43 heavy (non-hydrogen) atoms. The molecule has 8 nitrogen and oxygen atoms in total. The van der Waals surface area contributed by atoms with Crippen LogP contribution >= 0.6 is 0 Å². The predicted molar refractivity (Wildman–Crippen MR) is 183 cm³/mol. The monoisotopic (exact) mass is 761 g/mol. The Hall–Kier alpha value is -3.77. The molecule has 0 N–H and O–H groups in total. The van der Waals surface area contributed by atoms with Crippen LogP contribution in [0.15, 0.2) is 60.9 Å². The van der Waals surface area contributed by atoms with Crippen molar-refractivity contribution in [1.29, 1.82) is 0 Å². The first kappa shape index (κ1) is 35.4. The van der Waals surface area contributed by atoms with Crippen LogP contribution in [0.4, 0.5) is 34.1 Å². The van der Waals surface area contributed by atoms with Crippen molar-refractivity contribution in [2.75, 3.05) is 114 Å². The number of nitrogens with zero attached hydrogens (tertiary/aromatic N) is 8. The molecule has 2 aromatic carbocycles. The van der Waals surface area contributed by atoms with Crippen LogP contribution in [-0.2, 0) is 21.1 Å². The van der Waals surface area contributed by atoms with E-state index in [-0.39, 0.29) is 21.1 Å². The molecule has 4 aromatic rings. The Morgan fingerprint density at radius 1 is 0.465 bits per heavy atom. The van der Waals surface area contributed by atoms with Gasteiger partial charge in [0.25, 0.3) is 0 Å². The van der Waals surface area contributed by atoms with E-state index in [2.05, 4.69) is 132 Å². The van der Waals surface area contributed by atoms with Gasteiger partial charge in [0.1, 0.15) is 0 Å². The van der Waals surface area contributed by atoms with Crippen LogP contribution in [0.3, 0.4) is 0 Å². The Balaban J connectivity index is 0.000000293. The Kier molecular flexibility index (Phi) is 12.9. The van der Waals surface area contributed by atoms with Gasteiger partial charge in [-0.05, 0) is 74.5 Å². The van der Waals surface area contributed by atoms with Crippen LogP contribution in [0, 0.1) is 12.1 Å². The molecular weight excluding hydrogens is 716 g/mol. The number of anilines is 6. The maximum absolute atomic E-state index is 4.53. The summed E-state index contributed by atoms with van der Waals surface area (Å²) in [6.07, 6.45) is 3.70. The van der Waals surface area contributed by atoms with Gasteiger partial charge >= 0.3 is 21.1 Å². The number of hydrogen-bond acceptors (Lipinski definition) is 8. The van der Waals surface area contributed by atoms with E-state index in [4.69, 9.17) is 0 Å². The second-order valence-electron chi connectivity index (χ2n) is 11.3. The molecule has 2 aromatic heterocycles. The quantitative estimate of drug-likeness (QED) is 0.219. The van der Waals surface area contributed by atoms with Gasteiger partial charge in [-0.2, -0.15) is 0 Å². The van der Waals surface area contributed by atoms with E-state index in [1.807, 2.05) is 64.8 Å². The number of rotatable bonds is 8. The minimum atomic E-state index is 0. The second-order valence-corrected chi connectivity index (χ2v) is 11.3. The average Bonchev–Trinajstić information content (AvgIpc) is 2.96. The van der Waals surface area contributed by atoms with Crippen LogP contribution in [0.2, 0.25) is 0 Å². The van der Waals surface area contributed by atoms with Crippen LogP contribution in [-0.4, -0.2) is 94.5 Å². The number of benzene rings is 2. The first-order valence-corrected chi connectivity index (χ1v) is 13.9. The van der Waals surface area contributed by atoms with E-state index >= 15 is 0 Å². The summed E-state index contributed by atoms with van der Waals surface area (Å²) >= 11 is 0. The fraction of sp³-hybridized carbons (Fsp3) is 0.353. The average molecular weight is 762 g/mol. The van der Waals surface area contributed by atoms with Gasteiger partial charge in [-0.15, -0.1) is 47.5 Å². The van der Waals surface area contributed by atoms with E-state index in [9.17, 15) is 0 Å². The third kappa shape index (κ3) is 8.63. The largest absolute Gasteiger partial charge is 2.00 e. The van der Waals surface area contributed by atoms with Crippen molar-refractivity contribution in [3.63, 3.8) is 0 Å². The summed E-state index contributed by atoms with van der Waals surface area (Å²) in [5.41, 5.74) is 10.8. The summed E-state index contributed by atoms with van der Waals surface area (Å²) in [6.45, 7) is 0. The Bertz CT molecular complexity index is 1350. The molecule has 9 heteroatoms. The van der Waals surface area contributed by atoms with Crippen molar-refractivity contribution >= 4 is 34.1 Å². The summed E-state index contributed by atoms with van der Waals surface area (Å²) in [4.78, 5) is 21.7. The summed E-state index contributed by atoms with van der Waals surface area (Å²) in [7, 11) is 24.5. The van der Waals surface area contributed by atoms with E-state index in [1.54, 1.807) is 0 Å². The Morgan fingerprint density at radius 2 is 0.814 bits per heavy atom. The summed E-state index contributed by atoms with van der Waals surface area (Å²) < 4.78 is 0. The zero-order valence-corrected chi connectivity index (χ0v) is 29.9. The number of aromatic nitrogens is 2. The number of pyridine rings is 2. The van der Waals surface area contributed by atoms with Gasteiger partial charge in [-0.3, -0.25) is 0 Å². The molecule has 0 saturated heterocycles. The molecule has 0 unspecified atom stereocenters. The van der Waals surface area contributed by atoms with Gasteiger partial charge in [0, 0.05) is 80.1 Å². The molecule has 232 valence electrons. The fourth-order valence-electron chi connectivity index (χ4n) is 4.64. The van der Waals surface area contributed by atoms with E-state index in [0.717, 1.165) is 56.6 Å². The molecule has 0 radical (unpaired) electrons. The molecule has 0 aliphatic heterocycles. The molecule has 0 saturated carbocycles. The van der Waals surface area contributed by atoms with E-state index in [1.165, 1.54) is 0 Å². The summed E-state index contributed by atoms with van der Waals surface area (Å²) in [5, 5.41) is 0. The van der Waals surface area contributed by atoms with Gasteiger partial charge in [0.15, 0.2) is 0 Å². The summed E-state index contributed by atoms with van der Waals surface area (Å²) in [6, 6.07) is 23.0. The summed E-state index contributed by atoms with van der Waals surface area (Å²) in [5.74, 6) is 0. The fourth-order valence-corrected chi connectivity index (χ4v) is 4.64. The standard InChI is InChI=1S/2C17H23N4.Pt/c2*1-19(2)13-10-11-18-15(12-13)14-8-7-9-16(20(3)4)17(14)21(5)6;/h2*7,9-12H,1-6H3;/q2*-1;+2. The topological polar surface area (TPSA) is 45.2 Å². The van der Waals surface area contributed by atoms with Crippen LogP contribution < -0.4 is 29.4 Å². The van der Waals surface area contributed by atoms with Crippen molar-refractivity contribution < 1.29 is 21.1 Å². The maximum atomic E-state index is 4.53. The third-order valence-electron chi connectivity index (χ3n) is 6.79. The smallest absolute Gasteiger partial charge is 0.414 e. The van der Waals surface area contributed by atoms with Crippen molar-refractivity contribution in [3.8, 4) is 22.5 Å². The van der Waals surface area contributed by atoms with E-state index in [0.29, 0.717) is 0 Å². The van der Waals surface area contributed by atoms with Crippen molar-refractivity contribution in [1.82, 2.24) is 9.97 Å². The molecule has 0 spiro atoms. The van der Waals surface area contributed by atoms with Gasteiger partial charge < -0.3 is 39.4 Å². The van der Waals surface area contributed by atoms with Gasteiger partial charge in [-0.25, -0.2) is 0 Å². The van der Waals surface area contributed by atoms with Gasteiger partial charge in [0.05, 0.1) is 0 Å². The molecular formula is C34H46N8Pt. The molecule has 0 bridgehead atoms. The van der Waals surface area contributed by atoms with Crippen LogP contribution in [0.25, 0.3) is 22.5 Å². The molecule has 0 atom stereocenters. The SMILES string of the molecule is CN(C)c1ccnc(-c2[c-]ccc(N(C)C)c2N(C)C)c1.CN(C)c1ccnc(-c2[c-]ccc(N(C)C)c2N(C)C)c1.[Pt+2]. The van der Waals surface area contributed by atoms with Gasteiger partial charge in [-0.1, -0.05) is 12.1 Å². The zero-order valence-electron chi connectivity index (χ0n) is 27.7. The van der Waals surface area contributed by atoms with E-state index < -0.39 is 0 Å². The molecule has 4 rings (SSSR count). The zero-order chi connectivity index (χ0) is 31.1. The predicted octanol–water partition coefficient (Wildman–Crippen LogP) is 5.49. The molecule has 0 amide bonds. The second kappa shape index (κ2) is 15.6. The van der Waals surface area contributed by atoms with Crippen molar-refractivity contribution in [2.24, 2.45) is 0 Å². The van der Waals surface area contributed by atoms with Crippen LogP contribution in [0.5, 0.6) is 0 Å². The number of hydrogen-bond donors (Lipinski definition) is 0. The molecule has 0 fully saturated rings. The minimum absolute atomic E-state index is 0. The van der Waals surface area contributed by atoms with Crippen LogP contribution in [0.1, 0.15) is 0 Å². The maximum Gasteiger partial charge on any atom is 2.00 e. The Labute approximate surface area is 273 Å². The molecule has 0 aliphatic carbocycles. The van der Waals surface area contributed by atoms with Gasteiger partial charge in [0.2, 0.25) is 0 Å².